The number of amides is 3. The summed E-state index contributed by atoms with van der Waals surface area (Å²) >= 11 is 0. The molecule has 1 fully saturated rings. The number of para-hydroxylation sites is 1. The van der Waals surface area contributed by atoms with Crippen LogP contribution in [-0.2, 0) is 16.1 Å². The molecule has 0 spiro atoms. The van der Waals surface area contributed by atoms with Crippen LogP contribution in [0.5, 0.6) is 0 Å². The monoisotopic (exact) mass is 403 g/mol. The van der Waals surface area contributed by atoms with E-state index < -0.39 is 5.66 Å². The number of hydrogen-bond donors (Lipinski definition) is 0. The van der Waals surface area contributed by atoms with Crippen LogP contribution in [0.2, 0.25) is 0 Å². The van der Waals surface area contributed by atoms with Crippen LogP contribution >= 0.6 is 0 Å². The molecule has 0 N–H and O–H groups in total. The molecule has 0 aromatic heterocycles. The Morgan fingerprint density at radius 1 is 1.13 bits per heavy atom. The first kappa shape index (κ1) is 19.9. The summed E-state index contributed by atoms with van der Waals surface area (Å²) in [5.74, 6) is -0.417. The van der Waals surface area contributed by atoms with E-state index in [4.69, 9.17) is 0 Å². The van der Waals surface area contributed by atoms with E-state index in [9.17, 15) is 14.4 Å². The van der Waals surface area contributed by atoms with Crippen molar-refractivity contribution in [3.8, 4) is 0 Å². The second-order valence-corrected chi connectivity index (χ2v) is 7.90. The molecule has 0 radical (unpaired) electrons. The smallest absolute Gasteiger partial charge is 0.258 e. The van der Waals surface area contributed by atoms with E-state index in [0.717, 1.165) is 5.56 Å². The molecule has 2 aliphatic rings. The summed E-state index contributed by atoms with van der Waals surface area (Å²) in [4.78, 5) is 44.2. The Morgan fingerprint density at radius 2 is 1.83 bits per heavy atom. The highest BCUT2D eigenvalue weighted by atomic mass is 16.2. The Balaban J connectivity index is 1.64. The topological polar surface area (TPSA) is 60.9 Å². The molecule has 0 bridgehead atoms. The van der Waals surface area contributed by atoms with Crippen LogP contribution in [0.1, 0.15) is 35.7 Å². The van der Waals surface area contributed by atoms with Crippen molar-refractivity contribution in [2.24, 2.45) is 0 Å². The molecule has 1 unspecified atom stereocenters. The normalized spacial score (nSPS) is 20.0. The number of anilines is 1. The van der Waals surface area contributed by atoms with Gasteiger partial charge in [-0.05, 0) is 31.0 Å². The summed E-state index contributed by atoms with van der Waals surface area (Å²) in [6.07, 6.45) is 2.53. The predicted molar refractivity (Wildman–Crippen MR) is 115 cm³/mol. The molecule has 2 aromatic rings. The van der Waals surface area contributed by atoms with Crippen molar-refractivity contribution in [2.75, 3.05) is 18.0 Å². The molecule has 2 aliphatic heterocycles. The Hall–Kier alpha value is -3.41. The average Bonchev–Trinajstić information content (AvgIpc) is 3.07. The van der Waals surface area contributed by atoms with Crippen molar-refractivity contribution in [2.45, 2.75) is 32.0 Å². The molecule has 6 nitrogen and oxygen atoms in total. The maximum Gasteiger partial charge on any atom is 0.258 e. The fourth-order valence-electron chi connectivity index (χ4n) is 4.39. The Labute approximate surface area is 176 Å². The first-order chi connectivity index (χ1) is 14.5. The van der Waals surface area contributed by atoms with Crippen molar-refractivity contribution in [1.29, 1.82) is 0 Å². The van der Waals surface area contributed by atoms with Crippen LogP contribution < -0.4 is 4.90 Å². The van der Waals surface area contributed by atoms with Crippen LogP contribution in [0.15, 0.2) is 67.3 Å². The molecule has 0 saturated carbocycles. The molecule has 0 aliphatic carbocycles. The summed E-state index contributed by atoms with van der Waals surface area (Å²) < 4.78 is 0. The maximum atomic E-state index is 13.3. The van der Waals surface area contributed by atoms with E-state index >= 15 is 0 Å². The average molecular weight is 403 g/mol. The van der Waals surface area contributed by atoms with Crippen LogP contribution in [0, 0.1) is 0 Å². The predicted octanol–water partition coefficient (Wildman–Crippen LogP) is 3.20. The van der Waals surface area contributed by atoms with Crippen LogP contribution in [0.3, 0.4) is 0 Å². The molecule has 1 saturated heterocycles. The van der Waals surface area contributed by atoms with E-state index in [0.29, 0.717) is 37.2 Å². The molecule has 154 valence electrons. The fourth-order valence-corrected chi connectivity index (χ4v) is 4.39. The van der Waals surface area contributed by atoms with Gasteiger partial charge >= 0.3 is 0 Å². The minimum Gasteiger partial charge on any atom is -0.333 e. The second kappa shape index (κ2) is 7.78. The highest BCUT2D eigenvalue weighted by molar-refractivity contribution is 6.11. The van der Waals surface area contributed by atoms with Crippen molar-refractivity contribution in [1.82, 2.24) is 9.80 Å². The van der Waals surface area contributed by atoms with Crippen LogP contribution in [0.4, 0.5) is 5.69 Å². The Kier molecular flexibility index (Phi) is 5.16. The lowest BCUT2D eigenvalue weighted by atomic mass is 9.98. The third-order valence-electron chi connectivity index (χ3n) is 5.96. The van der Waals surface area contributed by atoms with E-state index in [1.165, 1.54) is 0 Å². The Morgan fingerprint density at radius 3 is 2.57 bits per heavy atom. The maximum absolute atomic E-state index is 13.3. The molecule has 2 aromatic carbocycles. The third kappa shape index (κ3) is 3.28. The minimum atomic E-state index is -0.842. The van der Waals surface area contributed by atoms with Crippen molar-refractivity contribution < 1.29 is 14.4 Å². The minimum absolute atomic E-state index is 0.0258. The van der Waals surface area contributed by atoms with E-state index in [1.54, 1.807) is 39.0 Å². The van der Waals surface area contributed by atoms with Gasteiger partial charge in [0.1, 0.15) is 12.2 Å². The molecule has 4 rings (SSSR count). The Bertz CT molecular complexity index is 1000. The van der Waals surface area contributed by atoms with Gasteiger partial charge in [-0.25, -0.2) is 0 Å². The first-order valence-corrected chi connectivity index (χ1v) is 10.1. The molecule has 2 heterocycles. The van der Waals surface area contributed by atoms with Gasteiger partial charge in [0.25, 0.3) is 5.91 Å². The number of carbonyl (C=O) groups is 3. The second-order valence-electron chi connectivity index (χ2n) is 7.90. The quantitative estimate of drug-likeness (QED) is 0.696. The number of benzene rings is 2. The lowest BCUT2D eigenvalue weighted by Crippen LogP contribution is -2.64. The summed E-state index contributed by atoms with van der Waals surface area (Å²) in [6.45, 7) is 6.36. The SMILES string of the molecule is C=CCN(Cc1ccccc1)C(=O)CN1C(=O)c2ccccc2N2C(=O)CCC12C. The van der Waals surface area contributed by atoms with Gasteiger partial charge in [-0.3, -0.25) is 19.3 Å². The fraction of sp³-hybridized carbons (Fsp3) is 0.292. The molecule has 1 atom stereocenters. The van der Waals surface area contributed by atoms with Gasteiger partial charge in [0.15, 0.2) is 0 Å². The summed E-state index contributed by atoms with van der Waals surface area (Å²) in [5.41, 5.74) is 1.25. The summed E-state index contributed by atoms with van der Waals surface area (Å²) in [5, 5.41) is 0. The van der Waals surface area contributed by atoms with Gasteiger partial charge in [0.2, 0.25) is 11.8 Å². The molecule has 30 heavy (non-hydrogen) atoms. The van der Waals surface area contributed by atoms with Gasteiger partial charge in [-0.1, -0.05) is 48.5 Å². The van der Waals surface area contributed by atoms with Crippen LogP contribution in [0.25, 0.3) is 0 Å². The number of nitrogens with zero attached hydrogens (tertiary/aromatic N) is 3. The summed E-state index contributed by atoms with van der Waals surface area (Å²) in [7, 11) is 0. The largest absolute Gasteiger partial charge is 0.333 e. The molecule has 6 heteroatoms. The summed E-state index contributed by atoms with van der Waals surface area (Å²) in [6, 6.07) is 16.8. The highest BCUT2D eigenvalue weighted by Crippen LogP contribution is 2.43. The van der Waals surface area contributed by atoms with Crippen molar-refractivity contribution >= 4 is 23.4 Å². The van der Waals surface area contributed by atoms with Crippen LogP contribution in [-0.4, -0.2) is 46.3 Å². The first-order valence-electron chi connectivity index (χ1n) is 10.1. The van der Waals surface area contributed by atoms with Crippen molar-refractivity contribution in [3.63, 3.8) is 0 Å². The standard InChI is InChI=1S/C24H25N3O3/c1-3-15-25(16-18-9-5-4-6-10-18)22(29)17-26-23(30)19-11-7-8-12-20(19)27-21(28)13-14-24(26,27)2/h3-12H,1,13-17H2,2H3. The van der Waals surface area contributed by atoms with E-state index in [1.807, 2.05) is 43.3 Å². The van der Waals surface area contributed by atoms with Gasteiger partial charge in [0, 0.05) is 19.5 Å². The van der Waals surface area contributed by atoms with Gasteiger partial charge < -0.3 is 9.80 Å². The zero-order chi connectivity index (χ0) is 21.3. The molecular weight excluding hydrogens is 378 g/mol. The number of carbonyl (C=O) groups excluding carboxylic acids is 3. The molecule has 3 amide bonds. The number of rotatable bonds is 6. The van der Waals surface area contributed by atoms with Gasteiger partial charge in [0.05, 0.1) is 11.3 Å². The van der Waals surface area contributed by atoms with Gasteiger partial charge in [-0.2, -0.15) is 0 Å². The van der Waals surface area contributed by atoms with Gasteiger partial charge in [-0.15, -0.1) is 6.58 Å². The van der Waals surface area contributed by atoms with Crippen molar-refractivity contribution in [3.05, 3.63) is 78.4 Å². The lowest BCUT2D eigenvalue weighted by molar-refractivity contribution is -0.133. The number of fused-ring (bicyclic) bond motifs is 3. The third-order valence-corrected chi connectivity index (χ3v) is 5.96. The zero-order valence-electron chi connectivity index (χ0n) is 17.1. The number of hydrogen-bond acceptors (Lipinski definition) is 3. The lowest BCUT2D eigenvalue weighted by Gasteiger charge is -2.48. The molecular formula is C24H25N3O3. The van der Waals surface area contributed by atoms with E-state index in [-0.39, 0.29) is 24.3 Å². The van der Waals surface area contributed by atoms with E-state index in [2.05, 4.69) is 6.58 Å². The highest BCUT2D eigenvalue weighted by Gasteiger charge is 2.53. The zero-order valence-corrected chi connectivity index (χ0v) is 17.1.